The molecule has 1 aromatic carbocycles. The highest BCUT2D eigenvalue weighted by molar-refractivity contribution is 5.89. The van der Waals surface area contributed by atoms with Gasteiger partial charge in [-0.2, -0.15) is 0 Å². The third-order valence-electron chi connectivity index (χ3n) is 4.11. The van der Waals surface area contributed by atoms with E-state index in [-0.39, 0.29) is 18.0 Å². The molecule has 0 aromatic heterocycles. The predicted molar refractivity (Wildman–Crippen MR) is 72.5 cm³/mol. The maximum atomic E-state index is 13.2. The summed E-state index contributed by atoms with van der Waals surface area (Å²) in [5.41, 5.74) is 0.0592. The largest absolute Gasteiger partial charge is 0.370 e. The first-order valence-electron chi connectivity index (χ1n) is 6.88. The molecule has 19 heavy (non-hydrogen) atoms. The standard InChI is InChI=1S/C16H21FO2/c1-12-5-4-8-16(11-12,19-2)15(18)10-13-6-3-7-14(17)9-13/h3,6-7,9,12H,4-5,8,10-11H2,1-2H3. The first-order valence-corrected chi connectivity index (χ1v) is 6.88. The topological polar surface area (TPSA) is 26.3 Å². The Bertz CT molecular complexity index is 458. The zero-order valence-corrected chi connectivity index (χ0v) is 11.6. The van der Waals surface area contributed by atoms with Gasteiger partial charge in [0.1, 0.15) is 11.4 Å². The fraction of sp³-hybridized carbons (Fsp3) is 0.562. The number of hydrogen-bond acceptors (Lipinski definition) is 2. The van der Waals surface area contributed by atoms with Crippen LogP contribution in [0.15, 0.2) is 24.3 Å². The summed E-state index contributed by atoms with van der Waals surface area (Å²) in [7, 11) is 1.61. The molecule has 0 bridgehead atoms. The molecule has 0 heterocycles. The number of ether oxygens (including phenoxy) is 1. The lowest BCUT2D eigenvalue weighted by Crippen LogP contribution is -2.45. The molecule has 0 aliphatic heterocycles. The van der Waals surface area contributed by atoms with Crippen molar-refractivity contribution >= 4 is 5.78 Å². The molecule has 2 unspecified atom stereocenters. The number of ketones is 1. The molecule has 0 saturated heterocycles. The third kappa shape index (κ3) is 3.21. The minimum Gasteiger partial charge on any atom is -0.370 e. The zero-order valence-electron chi connectivity index (χ0n) is 11.6. The van der Waals surface area contributed by atoms with Gasteiger partial charge in [-0.25, -0.2) is 4.39 Å². The van der Waals surface area contributed by atoms with Crippen LogP contribution in [0.4, 0.5) is 4.39 Å². The molecule has 2 rings (SSSR count). The Morgan fingerprint density at radius 1 is 1.53 bits per heavy atom. The highest BCUT2D eigenvalue weighted by Gasteiger charge is 2.41. The average Bonchev–Trinajstić information content (AvgIpc) is 2.38. The number of methoxy groups -OCH3 is 1. The lowest BCUT2D eigenvalue weighted by atomic mass is 9.75. The number of Topliss-reactive ketones (excluding diaryl/α,β-unsaturated/α-hetero) is 1. The summed E-state index contributed by atoms with van der Waals surface area (Å²) in [5, 5.41) is 0. The van der Waals surface area contributed by atoms with Crippen LogP contribution in [0.1, 0.15) is 38.2 Å². The first kappa shape index (κ1) is 14.2. The Kier molecular flexibility index (Phi) is 4.35. The second-order valence-corrected chi connectivity index (χ2v) is 5.63. The van der Waals surface area contributed by atoms with Gasteiger partial charge in [-0.05, 0) is 42.9 Å². The summed E-state index contributed by atoms with van der Waals surface area (Å²) >= 11 is 0. The molecule has 1 fully saturated rings. The lowest BCUT2D eigenvalue weighted by Gasteiger charge is -2.37. The Morgan fingerprint density at radius 2 is 2.32 bits per heavy atom. The van der Waals surface area contributed by atoms with Gasteiger partial charge in [0.2, 0.25) is 0 Å². The molecule has 0 amide bonds. The van der Waals surface area contributed by atoms with Crippen LogP contribution in [-0.2, 0) is 16.0 Å². The van der Waals surface area contributed by atoms with Gasteiger partial charge in [0.15, 0.2) is 5.78 Å². The summed E-state index contributed by atoms with van der Waals surface area (Å²) in [6.07, 6.45) is 3.97. The zero-order chi connectivity index (χ0) is 13.9. The number of hydrogen-bond donors (Lipinski definition) is 0. The van der Waals surface area contributed by atoms with Gasteiger partial charge < -0.3 is 4.74 Å². The number of halogens is 1. The van der Waals surface area contributed by atoms with Crippen molar-refractivity contribution in [3.05, 3.63) is 35.6 Å². The van der Waals surface area contributed by atoms with E-state index < -0.39 is 5.60 Å². The van der Waals surface area contributed by atoms with Gasteiger partial charge in [0, 0.05) is 13.5 Å². The minimum atomic E-state index is -0.663. The van der Waals surface area contributed by atoms with Crippen molar-refractivity contribution in [1.82, 2.24) is 0 Å². The highest BCUT2D eigenvalue weighted by Crippen LogP contribution is 2.36. The molecule has 1 aliphatic rings. The summed E-state index contributed by atoms with van der Waals surface area (Å²) in [5.74, 6) is 0.283. The molecular formula is C16H21FO2. The van der Waals surface area contributed by atoms with Crippen molar-refractivity contribution < 1.29 is 13.9 Å². The first-order chi connectivity index (χ1) is 9.05. The number of carbonyl (C=O) groups is 1. The molecule has 2 nitrogen and oxygen atoms in total. The van der Waals surface area contributed by atoms with E-state index in [0.717, 1.165) is 31.2 Å². The van der Waals surface area contributed by atoms with Crippen LogP contribution in [-0.4, -0.2) is 18.5 Å². The van der Waals surface area contributed by atoms with E-state index in [2.05, 4.69) is 6.92 Å². The van der Waals surface area contributed by atoms with Gasteiger partial charge >= 0.3 is 0 Å². The van der Waals surface area contributed by atoms with E-state index in [1.54, 1.807) is 19.2 Å². The maximum Gasteiger partial charge on any atom is 0.168 e. The summed E-state index contributed by atoms with van der Waals surface area (Å²) in [6, 6.07) is 6.24. The van der Waals surface area contributed by atoms with Crippen molar-refractivity contribution in [3.8, 4) is 0 Å². The second-order valence-electron chi connectivity index (χ2n) is 5.63. The van der Waals surface area contributed by atoms with E-state index in [0.29, 0.717) is 5.92 Å². The van der Waals surface area contributed by atoms with Gasteiger partial charge in [0.05, 0.1) is 0 Å². The van der Waals surface area contributed by atoms with Crippen molar-refractivity contribution in [2.24, 2.45) is 5.92 Å². The van der Waals surface area contributed by atoms with Crippen molar-refractivity contribution in [2.75, 3.05) is 7.11 Å². The Morgan fingerprint density at radius 3 is 2.95 bits per heavy atom. The third-order valence-corrected chi connectivity index (χ3v) is 4.11. The van der Waals surface area contributed by atoms with Gasteiger partial charge in [-0.15, -0.1) is 0 Å². The van der Waals surface area contributed by atoms with Crippen LogP contribution < -0.4 is 0 Å². The molecule has 0 spiro atoms. The Labute approximate surface area is 114 Å². The van der Waals surface area contributed by atoms with Crippen molar-refractivity contribution in [3.63, 3.8) is 0 Å². The molecule has 3 heteroatoms. The van der Waals surface area contributed by atoms with Crippen LogP contribution in [0.5, 0.6) is 0 Å². The van der Waals surface area contributed by atoms with Crippen molar-refractivity contribution in [1.29, 1.82) is 0 Å². The Hall–Kier alpha value is -1.22. The van der Waals surface area contributed by atoms with Gasteiger partial charge in [-0.3, -0.25) is 4.79 Å². The fourth-order valence-electron chi connectivity index (χ4n) is 3.05. The predicted octanol–water partition coefficient (Wildman–Crippen LogP) is 3.53. The second kappa shape index (κ2) is 5.83. The molecule has 1 saturated carbocycles. The van der Waals surface area contributed by atoms with E-state index >= 15 is 0 Å². The molecule has 0 N–H and O–H groups in total. The normalized spacial score (nSPS) is 27.2. The number of carbonyl (C=O) groups excluding carboxylic acids is 1. The maximum absolute atomic E-state index is 13.2. The minimum absolute atomic E-state index is 0.0761. The van der Waals surface area contributed by atoms with E-state index in [1.165, 1.54) is 12.1 Å². The van der Waals surface area contributed by atoms with Gasteiger partial charge in [-0.1, -0.05) is 25.5 Å². The Balaban J connectivity index is 2.13. The van der Waals surface area contributed by atoms with Crippen molar-refractivity contribution in [2.45, 2.75) is 44.6 Å². The number of benzene rings is 1. The van der Waals surface area contributed by atoms with E-state index in [9.17, 15) is 9.18 Å². The van der Waals surface area contributed by atoms with Crippen LogP contribution >= 0.6 is 0 Å². The van der Waals surface area contributed by atoms with Gasteiger partial charge in [0.25, 0.3) is 0 Å². The molecule has 2 atom stereocenters. The fourth-order valence-corrected chi connectivity index (χ4v) is 3.05. The van der Waals surface area contributed by atoms with Crippen LogP contribution in [0.25, 0.3) is 0 Å². The molecular weight excluding hydrogens is 243 g/mol. The summed E-state index contributed by atoms with van der Waals surface area (Å²) in [4.78, 5) is 12.5. The molecule has 104 valence electrons. The smallest absolute Gasteiger partial charge is 0.168 e. The lowest BCUT2D eigenvalue weighted by molar-refractivity contribution is -0.146. The van der Waals surface area contributed by atoms with Crippen LogP contribution in [0.3, 0.4) is 0 Å². The SMILES string of the molecule is COC1(C(=O)Cc2cccc(F)c2)CCCC(C)C1. The van der Waals surface area contributed by atoms with E-state index in [4.69, 9.17) is 4.74 Å². The highest BCUT2D eigenvalue weighted by atomic mass is 19.1. The quantitative estimate of drug-likeness (QED) is 0.831. The van der Waals surface area contributed by atoms with Crippen LogP contribution in [0.2, 0.25) is 0 Å². The molecule has 0 radical (unpaired) electrons. The van der Waals surface area contributed by atoms with E-state index in [1.807, 2.05) is 0 Å². The summed E-state index contributed by atoms with van der Waals surface area (Å²) in [6.45, 7) is 2.16. The number of rotatable bonds is 4. The summed E-state index contributed by atoms with van der Waals surface area (Å²) < 4.78 is 18.7. The molecule has 1 aliphatic carbocycles. The monoisotopic (exact) mass is 264 g/mol. The van der Waals surface area contributed by atoms with Crippen LogP contribution in [0, 0.1) is 11.7 Å². The molecule has 1 aromatic rings. The average molecular weight is 264 g/mol.